The van der Waals surface area contributed by atoms with Crippen LogP contribution in [0.15, 0.2) is 30.3 Å². The Kier molecular flexibility index (Phi) is 6.52. The highest BCUT2D eigenvalue weighted by Crippen LogP contribution is 2.34. The predicted octanol–water partition coefficient (Wildman–Crippen LogP) is 4.87. The van der Waals surface area contributed by atoms with Crippen LogP contribution in [-0.2, 0) is 10.2 Å². The van der Waals surface area contributed by atoms with Crippen molar-refractivity contribution in [2.75, 3.05) is 25.1 Å². The minimum atomic E-state index is -0.245. The zero-order valence-electron chi connectivity index (χ0n) is 14.8. The van der Waals surface area contributed by atoms with Gasteiger partial charge < -0.3 is 15.4 Å². The summed E-state index contributed by atoms with van der Waals surface area (Å²) >= 11 is 17.6. The Labute approximate surface area is 173 Å². The van der Waals surface area contributed by atoms with Crippen molar-refractivity contribution in [3.63, 3.8) is 0 Å². The quantitative estimate of drug-likeness (QED) is 0.681. The normalized spacial score (nSPS) is 16.0. The molecular weight excluding hydrogens is 408 g/mol. The first kappa shape index (κ1) is 20.3. The molecule has 0 radical (unpaired) electrons. The molecule has 1 aliphatic heterocycles. The van der Waals surface area contributed by atoms with E-state index in [0.717, 1.165) is 18.4 Å². The van der Waals surface area contributed by atoms with Gasteiger partial charge in [-0.25, -0.2) is 9.37 Å². The number of benzene rings is 1. The first-order valence-electron chi connectivity index (χ1n) is 8.61. The van der Waals surface area contributed by atoms with Crippen molar-refractivity contribution in [3.8, 4) is 0 Å². The fraction of sp³-hybridized carbons (Fsp3) is 0.368. The van der Waals surface area contributed by atoms with Crippen LogP contribution in [0.3, 0.4) is 0 Å². The van der Waals surface area contributed by atoms with Crippen molar-refractivity contribution >= 4 is 46.4 Å². The Morgan fingerprint density at radius 1 is 1.22 bits per heavy atom. The number of thiocarbonyl (C=S) groups is 1. The van der Waals surface area contributed by atoms with Crippen LogP contribution >= 0.6 is 35.4 Å². The lowest BCUT2D eigenvalue weighted by molar-refractivity contribution is 0.0515. The van der Waals surface area contributed by atoms with Crippen molar-refractivity contribution in [2.45, 2.75) is 25.2 Å². The number of ether oxygens (including phenoxy) is 1. The summed E-state index contributed by atoms with van der Waals surface area (Å²) in [6.07, 6.45) is 1.65. The summed E-state index contributed by atoms with van der Waals surface area (Å²) < 4.78 is 18.9. The summed E-state index contributed by atoms with van der Waals surface area (Å²) in [5.74, 6) is 0.212. The van der Waals surface area contributed by atoms with Gasteiger partial charge in [-0.15, -0.1) is 0 Å². The van der Waals surface area contributed by atoms with Gasteiger partial charge >= 0.3 is 0 Å². The number of halogens is 3. The lowest BCUT2D eigenvalue weighted by Crippen LogP contribution is -2.45. The summed E-state index contributed by atoms with van der Waals surface area (Å²) in [4.78, 5) is 4.33. The van der Waals surface area contributed by atoms with Crippen LogP contribution in [0.25, 0.3) is 0 Å². The van der Waals surface area contributed by atoms with E-state index < -0.39 is 0 Å². The molecule has 0 saturated carbocycles. The largest absolute Gasteiger partial charge is 0.381 e. The van der Waals surface area contributed by atoms with Crippen molar-refractivity contribution in [3.05, 3.63) is 57.5 Å². The maximum atomic E-state index is 13.3. The number of pyridine rings is 1. The number of nitrogens with zero attached hydrogens (tertiary/aromatic N) is 1. The molecule has 1 aliphatic rings. The summed E-state index contributed by atoms with van der Waals surface area (Å²) in [7, 11) is 0. The molecule has 0 aliphatic carbocycles. The average Bonchev–Trinajstić information content (AvgIpc) is 2.66. The van der Waals surface area contributed by atoms with E-state index in [2.05, 4.69) is 15.6 Å². The number of nitrogens with one attached hydrogen (secondary N) is 2. The smallest absolute Gasteiger partial charge is 0.172 e. The van der Waals surface area contributed by atoms with Gasteiger partial charge in [-0.1, -0.05) is 35.3 Å². The number of aryl methyl sites for hydroxylation is 1. The lowest BCUT2D eigenvalue weighted by atomic mass is 9.74. The van der Waals surface area contributed by atoms with E-state index in [1.807, 2.05) is 12.1 Å². The third kappa shape index (κ3) is 4.88. The van der Waals surface area contributed by atoms with Gasteiger partial charge in [0.2, 0.25) is 0 Å². The number of hydrogen-bond donors (Lipinski definition) is 2. The van der Waals surface area contributed by atoms with Gasteiger partial charge in [0.05, 0.1) is 15.7 Å². The van der Waals surface area contributed by atoms with Gasteiger partial charge in [-0.05, 0) is 55.7 Å². The van der Waals surface area contributed by atoms with Gasteiger partial charge in [-0.3, -0.25) is 0 Å². The molecule has 4 nitrogen and oxygen atoms in total. The number of aromatic nitrogens is 1. The molecule has 1 fully saturated rings. The zero-order valence-corrected chi connectivity index (χ0v) is 17.1. The molecule has 27 heavy (non-hydrogen) atoms. The molecule has 0 atom stereocenters. The van der Waals surface area contributed by atoms with Gasteiger partial charge in [0, 0.05) is 25.2 Å². The molecule has 2 aromatic rings. The predicted molar refractivity (Wildman–Crippen MR) is 111 cm³/mol. The standard InChI is InChI=1S/C19H20Cl2FN3OS/c1-12-15(20)10-16(21)17(24-12)25-18(27)23-11-19(6-8-26-9-7-19)13-2-4-14(22)5-3-13/h2-5,10H,6-9,11H2,1H3,(H2,23,24,25,27). The third-order valence-corrected chi connectivity index (χ3v) is 5.75. The van der Waals surface area contributed by atoms with Crippen molar-refractivity contribution in [2.24, 2.45) is 0 Å². The molecular formula is C19H20Cl2FN3OS. The Bertz CT molecular complexity index is 826. The van der Waals surface area contributed by atoms with E-state index >= 15 is 0 Å². The molecule has 1 aromatic carbocycles. The van der Waals surface area contributed by atoms with E-state index in [-0.39, 0.29) is 11.2 Å². The zero-order chi connectivity index (χ0) is 19.4. The molecule has 8 heteroatoms. The van der Waals surface area contributed by atoms with Gasteiger partial charge in [0.25, 0.3) is 0 Å². The Balaban J connectivity index is 1.71. The molecule has 2 heterocycles. The summed E-state index contributed by atoms with van der Waals surface area (Å²) in [6.45, 7) is 3.70. The highest BCUT2D eigenvalue weighted by atomic mass is 35.5. The van der Waals surface area contributed by atoms with E-state index in [4.69, 9.17) is 40.2 Å². The average molecular weight is 428 g/mol. The minimum Gasteiger partial charge on any atom is -0.381 e. The highest BCUT2D eigenvalue weighted by Gasteiger charge is 2.34. The summed E-state index contributed by atoms with van der Waals surface area (Å²) in [5.41, 5.74) is 1.56. The topological polar surface area (TPSA) is 46.2 Å². The molecule has 1 aromatic heterocycles. The molecule has 1 saturated heterocycles. The molecule has 0 bridgehead atoms. The van der Waals surface area contributed by atoms with Crippen LogP contribution in [0.1, 0.15) is 24.1 Å². The lowest BCUT2D eigenvalue weighted by Gasteiger charge is -2.38. The Morgan fingerprint density at radius 3 is 2.56 bits per heavy atom. The fourth-order valence-electron chi connectivity index (χ4n) is 3.18. The number of rotatable bonds is 4. The van der Waals surface area contributed by atoms with Crippen LogP contribution in [0.5, 0.6) is 0 Å². The van der Waals surface area contributed by atoms with E-state index in [1.54, 1.807) is 13.0 Å². The molecule has 2 N–H and O–H groups in total. The molecule has 0 amide bonds. The SMILES string of the molecule is Cc1nc(NC(=S)NCC2(c3ccc(F)cc3)CCOCC2)c(Cl)cc1Cl. The van der Waals surface area contributed by atoms with Crippen molar-refractivity contribution in [1.29, 1.82) is 0 Å². The van der Waals surface area contributed by atoms with Gasteiger partial charge in [0.1, 0.15) is 5.82 Å². The Hall–Kier alpha value is -1.47. The number of anilines is 1. The first-order valence-corrected chi connectivity index (χ1v) is 9.77. The fourth-order valence-corrected chi connectivity index (χ4v) is 3.76. The second-order valence-electron chi connectivity index (χ2n) is 6.59. The molecule has 3 rings (SSSR count). The van der Waals surface area contributed by atoms with Gasteiger partial charge in [0.15, 0.2) is 10.9 Å². The maximum Gasteiger partial charge on any atom is 0.172 e. The third-order valence-electron chi connectivity index (χ3n) is 4.83. The van der Waals surface area contributed by atoms with E-state index in [0.29, 0.717) is 46.4 Å². The van der Waals surface area contributed by atoms with Crippen LogP contribution in [0, 0.1) is 12.7 Å². The van der Waals surface area contributed by atoms with Gasteiger partial charge in [-0.2, -0.15) is 0 Å². The van der Waals surface area contributed by atoms with E-state index in [9.17, 15) is 4.39 Å². The molecule has 144 valence electrons. The van der Waals surface area contributed by atoms with Crippen LogP contribution < -0.4 is 10.6 Å². The summed E-state index contributed by atoms with van der Waals surface area (Å²) in [5, 5.41) is 7.59. The van der Waals surface area contributed by atoms with Crippen molar-refractivity contribution < 1.29 is 9.13 Å². The van der Waals surface area contributed by atoms with Crippen LogP contribution in [0.4, 0.5) is 10.2 Å². The second kappa shape index (κ2) is 8.69. The van der Waals surface area contributed by atoms with Crippen LogP contribution in [-0.4, -0.2) is 29.9 Å². The first-order chi connectivity index (χ1) is 12.9. The molecule has 0 spiro atoms. The Morgan fingerprint density at radius 2 is 1.89 bits per heavy atom. The van der Waals surface area contributed by atoms with Crippen LogP contribution in [0.2, 0.25) is 10.0 Å². The van der Waals surface area contributed by atoms with Crippen molar-refractivity contribution in [1.82, 2.24) is 10.3 Å². The minimum absolute atomic E-state index is 0.176. The highest BCUT2D eigenvalue weighted by molar-refractivity contribution is 7.80. The van der Waals surface area contributed by atoms with E-state index in [1.165, 1.54) is 12.1 Å². The number of hydrogen-bond acceptors (Lipinski definition) is 3. The summed E-state index contributed by atoms with van der Waals surface area (Å²) in [6, 6.07) is 8.28. The monoisotopic (exact) mass is 427 g/mol. The maximum absolute atomic E-state index is 13.3. The molecule has 0 unspecified atom stereocenters. The second-order valence-corrected chi connectivity index (χ2v) is 7.82.